The van der Waals surface area contributed by atoms with Crippen LogP contribution in [0.5, 0.6) is 0 Å². The van der Waals surface area contributed by atoms with Gasteiger partial charge in [0.2, 0.25) is 5.91 Å². The second-order valence-corrected chi connectivity index (χ2v) is 8.16. The summed E-state index contributed by atoms with van der Waals surface area (Å²) in [6, 6.07) is 16.4. The molecule has 196 valence electrons. The van der Waals surface area contributed by atoms with E-state index >= 15 is 0 Å². The summed E-state index contributed by atoms with van der Waals surface area (Å²) in [5, 5.41) is 7.04. The summed E-state index contributed by atoms with van der Waals surface area (Å²) >= 11 is 0. The average molecular weight is 523 g/mol. The minimum atomic E-state index is -5.07. The minimum Gasteiger partial charge on any atom is -0.354 e. The third kappa shape index (κ3) is 8.55. The first-order valence-corrected chi connectivity index (χ1v) is 11.1. The zero-order chi connectivity index (χ0) is 27.1. The lowest BCUT2D eigenvalue weighted by Gasteiger charge is -2.20. The van der Waals surface area contributed by atoms with Gasteiger partial charge in [0.05, 0.1) is 11.1 Å². The van der Waals surface area contributed by atoms with Crippen LogP contribution in [0, 0.1) is 0 Å². The summed E-state index contributed by atoms with van der Waals surface area (Å²) in [4.78, 5) is 25.4. The van der Waals surface area contributed by atoms with E-state index in [2.05, 4.69) is 10.6 Å². The van der Waals surface area contributed by atoms with Gasteiger partial charge in [-0.05, 0) is 35.7 Å². The van der Waals surface area contributed by atoms with Crippen molar-refractivity contribution in [3.63, 3.8) is 0 Å². The molecule has 0 aromatic heterocycles. The van der Waals surface area contributed by atoms with E-state index in [1.165, 1.54) is 0 Å². The fraction of sp³-hybridized carbons (Fsp3) is 0.231. The molecular weight excluding hydrogens is 500 g/mol. The van der Waals surface area contributed by atoms with Gasteiger partial charge >= 0.3 is 18.4 Å². The minimum absolute atomic E-state index is 0.0402. The molecule has 0 spiro atoms. The predicted molar refractivity (Wildman–Crippen MR) is 126 cm³/mol. The number of carbonyl (C=O) groups is 2. The summed E-state index contributed by atoms with van der Waals surface area (Å²) in [6.07, 6.45) is -9.57. The van der Waals surface area contributed by atoms with E-state index < -0.39 is 47.1 Å². The summed E-state index contributed by atoms with van der Waals surface area (Å²) in [5.74, 6) is -0.560. The van der Waals surface area contributed by atoms with Crippen LogP contribution in [0.3, 0.4) is 0 Å². The quantitative estimate of drug-likeness (QED) is 0.326. The van der Waals surface area contributed by atoms with E-state index in [1.807, 2.05) is 35.6 Å². The van der Waals surface area contributed by atoms with Crippen LogP contribution in [-0.4, -0.2) is 24.5 Å². The molecule has 0 radical (unpaired) electrons. The third-order valence-corrected chi connectivity index (χ3v) is 5.31. The summed E-state index contributed by atoms with van der Waals surface area (Å²) < 4.78 is 78.7. The normalized spacial score (nSPS) is 12.5. The molecule has 0 aliphatic heterocycles. The smallest absolute Gasteiger partial charge is 0.354 e. The van der Waals surface area contributed by atoms with Crippen molar-refractivity contribution in [2.24, 2.45) is 0 Å². The number of urea groups is 1. The molecule has 11 heteroatoms. The molecule has 5 nitrogen and oxygen atoms in total. The van der Waals surface area contributed by atoms with Crippen LogP contribution in [0.4, 0.5) is 36.8 Å². The molecule has 1 atom stereocenters. The van der Waals surface area contributed by atoms with Gasteiger partial charge < -0.3 is 16.0 Å². The van der Waals surface area contributed by atoms with Crippen molar-refractivity contribution in [2.75, 3.05) is 11.9 Å². The van der Waals surface area contributed by atoms with Crippen molar-refractivity contribution in [2.45, 2.75) is 31.2 Å². The molecular formula is C26H23F6N3O2. The van der Waals surface area contributed by atoms with Gasteiger partial charge in [0.15, 0.2) is 0 Å². The zero-order valence-corrected chi connectivity index (χ0v) is 19.3. The standard InChI is InChI=1S/C26H23F6N3O2/c27-25(28,29)19-14-20(26(30,31)32)16-21(15-19)34-24(37)35-22(13-18-9-5-2-6-10-18)23(36)33-12-11-17-7-3-1-4-8-17/h1-10,14-16,22H,11-13H2,(H,33,36)(H2,34,35,37). The molecule has 3 aromatic carbocycles. The lowest BCUT2D eigenvalue weighted by Crippen LogP contribution is -2.49. The SMILES string of the molecule is O=C(Nc1cc(C(F)(F)F)cc(C(F)(F)F)c1)NC(Cc1ccccc1)C(=O)NCCc1ccccc1. The van der Waals surface area contributed by atoms with Crippen LogP contribution in [0.25, 0.3) is 0 Å². The Morgan fingerprint density at radius 3 is 1.76 bits per heavy atom. The number of hydrogen-bond donors (Lipinski definition) is 3. The average Bonchev–Trinajstić information content (AvgIpc) is 2.83. The Hall–Kier alpha value is -4.02. The van der Waals surface area contributed by atoms with E-state index in [4.69, 9.17) is 0 Å². The molecule has 37 heavy (non-hydrogen) atoms. The summed E-state index contributed by atoms with van der Waals surface area (Å²) in [6.45, 7) is 0.250. The number of rotatable bonds is 8. The molecule has 0 saturated carbocycles. The first kappa shape index (κ1) is 27.6. The van der Waals surface area contributed by atoms with E-state index in [9.17, 15) is 35.9 Å². The molecule has 0 heterocycles. The predicted octanol–water partition coefficient (Wildman–Crippen LogP) is 5.82. The highest BCUT2D eigenvalue weighted by molar-refractivity contribution is 5.94. The number of amides is 3. The first-order chi connectivity index (χ1) is 17.4. The molecule has 3 rings (SSSR count). The van der Waals surface area contributed by atoms with Gasteiger partial charge in [-0.1, -0.05) is 60.7 Å². The number of anilines is 1. The lowest BCUT2D eigenvalue weighted by molar-refractivity contribution is -0.143. The number of nitrogens with one attached hydrogen (secondary N) is 3. The Morgan fingerprint density at radius 1 is 0.730 bits per heavy atom. The van der Waals surface area contributed by atoms with Gasteiger partial charge in [0.25, 0.3) is 0 Å². The molecule has 0 fully saturated rings. The maximum atomic E-state index is 13.1. The highest BCUT2D eigenvalue weighted by Gasteiger charge is 2.37. The second-order valence-electron chi connectivity index (χ2n) is 8.16. The van der Waals surface area contributed by atoms with Gasteiger partial charge in [0.1, 0.15) is 6.04 Å². The highest BCUT2D eigenvalue weighted by Crippen LogP contribution is 2.37. The maximum absolute atomic E-state index is 13.1. The number of hydrogen-bond acceptors (Lipinski definition) is 2. The zero-order valence-electron chi connectivity index (χ0n) is 19.3. The van der Waals surface area contributed by atoms with Crippen molar-refractivity contribution in [1.29, 1.82) is 0 Å². The molecule has 0 bridgehead atoms. The van der Waals surface area contributed by atoms with Gasteiger partial charge in [-0.25, -0.2) is 4.79 Å². The summed E-state index contributed by atoms with van der Waals surface area (Å²) in [5.41, 5.74) is -2.21. The van der Waals surface area contributed by atoms with Crippen molar-refractivity contribution < 1.29 is 35.9 Å². The Morgan fingerprint density at radius 2 is 1.24 bits per heavy atom. The second kappa shape index (κ2) is 11.8. The molecule has 0 saturated heterocycles. The highest BCUT2D eigenvalue weighted by atomic mass is 19.4. The topological polar surface area (TPSA) is 70.2 Å². The Balaban J connectivity index is 1.74. The number of carbonyl (C=O) groups excluding carboxylic acids is 2. The number of benzene rings is 3. The molecule has 3 amide bonds. The molecule has 1 unspecified atom stereocenters. The molecule has 0 aliphatic rings. The fourth-order valence-corrected chi connectivity index (χ4v) is 3.51. The monoisotopic (exact) mass is 523 g/mol. The van der Waals surface area contributed by atoms with Crippen LogP contribution in [-0.2, 0) is 30.0 Å². The van der Waals surface area contributed by atoms with Gasteiger partial charge in [-0.3, -0.25) is 4.79 Å². The Kier molecular flexibility index (Phi) is 8.80. The molecule has 3 N–H and O–H groups in total. The summed E-state index contributed by atoms with van der Waals surface area (Å²) in [7, 11) is 0. The Bertz CT molecular complexity index is 1170. The number of halogens is 6. The van der Waals surface area contributed by atoms with Crippen molar-refractivity contribution >= 4 is 17.6 Å². The van der Waals surface area contributed by atoms with Crippen molar-refractivity contribution in [3.8, 4) is 0 Å². The largest absolute Gasteiger partial charge is 0.416 e. The van der Waals surface area contributed by atoms with Crippen molar-refractivity contribution in [1.82, 2.24) is 10.6 Å². The fourth-order valence-electron chi connectivity index (χ4n) is 3.51. The van der Waals surface area contributed by atoms with E-state index in [0.29, 0.717) is 24.1 Å². The van der Waals surface area contributed by atoms with E-state index in [0.717, 1.165) is 5.56 Å². The van der Waals surface area contributed by atoms with Gasteiger partial charge in [-0.2, -0.15) is 26.3 Å². The number of alkyl halides is 6. The lowest BCUT2D eigenvalue weighted by atomic mass is 10.1. The third-order valence-electron chi connectivity index (χ3n) is 5.31. The van der Waals surface area contributed by atoms with E-state index in [1.54, 1.807) is 30.3 Å². The molecule has 3 aromatic rings. The van der Waals surface area contributed by atoms with Crippen LogP contribution in [0.2, 0.25) is 0 Å². The van der Waals surface area contributed by atoms with Crippen LogP contribution in [0.15, 0.2) is 78.9 Å². The first-order valence-electron chi connectivity index (χ1n) is 11.1. The van der Waals surface area contributed by atoms with Crippen LogP contribution in [0.1, 0.15) is 22.3 Å². The van der Waals surface area contributed by atoms with Crippen molar-refractivity contribution in [3.05, 3.63) is 101 Å². The van der Waals surface area contributed by atoms with Gasteiger partial charge in [0, 0.05) is 18.7 Å². The van der Waals surface area contributed by atoms with E-state index in [-0.39, 0.29) is 19.0 Å². The van der Waals surface area contributed by atoms with Crippen LogP contribution < -0.4 is 16.0 Å². The van der Waals surface area contributed by atoms with Gasteiger partial charge in [-0.15, -0.1) is 0 Å². The maximum Gasteiger partial charge on any atom is 0.416 e. The van der Waals surface area contributed by atoms with Crippen LogP contribution >= 0.6 is 0 Å². The molecule has 0 aliphatic carbocycles. The Labute approximate surface area is 208 Å².